The molecular formula is C46H48ClN4O14S2+. The number of fused-ring (bicyclic) bond motifs is 2. The molecule has 4 heterocycles. The van der Waals surface area contributed by atoms with Crippen LogP contribution in [0.1, 0.15) is 107 Å². The molecule has 0 spiro atoms. The Morgan fingerprint density at radius 2 is 1.28 bits per heavy atom. The van der Waals surface area contributed by atoms with Gasteiger partial charge in [0.2, 0.25) is 5.52 Å². The van der Waals surface area contributed by atoms with Gasteiger partial charge in [0.25, 0.3) is 43.9 Å². The highest BCUT2D eigenvalue weighted by molar-refractivity contribution is 7.86. The predicted octanol–water partition coefficient (Wildman–Crippen LogP) is 6.43. The zero-order valence-electron chi connectivity index (χ0n) is 36.2. The van der Waals surface area contributed by atoms with Crippen molar-refractivity contribution in [3.05, 3.63) is 94.3 Å². The van der Waals surface area contributed by atoms with Gasteiger partial charge >= 0.3 is 11.9 Å². The van der Waals surface area contributed by atoms with Gasteiger partial charge in [0.15, 0.2) is 6.20 Å². The topological polar surface area (TPSA) is 243 Å². The second kappa shape index (κ2) is 20.8. The highest BCUT2D eigenvalue weighted by atomic mass is 35.5. The minimum absolute atomic E-state index is 0.00671. The monoisotopic (exact) mass is 979 g/mol. The molecule has 0 radical (unpaired) electrons. The average Bonchev–Trinajstić information content (AvgIpc) is 3.77. The summed E-state index contributed by atoms with van der Waals surface area (Å²) < 4.78 is 70.9. The third kappa shape index (κ3) is 11.9. The van der Waals surface area contributed by atoms with Gasteiger partial charge < -0.3 is 14.6 Å². The molecule has 18 nitrogen and oxygen atoms in total. The number of allylic oxidation sites excluding steroid dienone is 6. The van der Waals surface area contributed by atoms with E-state index in [4.69, 9.17) is 21.3 Å². The number of pyridine rings is 1. The Bertz CT molecular complexity index is 2880. The zero-order chi connectivity index (χ0) is 48.0. The summed E-state index contributed by atoms with van der Waals surface area (Å²) in [7, 11) is -9.13. The normalized spacial score (nSPS) is 18.0. The Morgan fingerprint density at radius 3 is 1.90 bits per heavy atom. The Morgan fingerprint density at radius 1 is 0.701 bits per heavy atom. The van der Waals surface area contributed by atoms with Gasteiger partial charge in [0.05, 0.1) is 15.2 Å². The molecule has 1 aliphatic carbocycles. The number of carbonyl (C=O) groups excluding carboxylic acids is 6. The van der Waals surface area contributed by atoms with Crippen LogP contribution in [-0.4, -0.2) is 78.2 Å². The SMILES string of the molecule is O=C(CCCCCN1C=C/C(=C/C2=C(Cl)C(=C/c3cc[n+](CCCCCC(=O)ON4C(=O)CCC4=O)c4ccc(S(=O)(=O)O)cc34)/CCC2)c2cc(S(=O)(=O)O)ccc21)ON1C(=O)CCC1=O. The highest BCUT2D eigenvalue weighted by Gasteiger charge is 2.34. The number of anilines is 1. The van der Waals surface area contributed by atoms with Gasteiger partial charge in [-0.05, 0) is 116 Å². The quantitative estimate of drug-likeness (QED) is 0.0604. The van der Waals surface area contributed by atoms with E-state index in [0.29, 0.717) is 119 Å². The third-order valence-electron chi connectivity index (χ3n) is 11.7. The summed E-state index contributed by atoms with van der Waals surface area (Å²) in [5.74, 6) is -3.54. The number of aromatic nitrogens is 1. The molecular weight excluding hydrogens is 932 g/mol. The summed E-state index contributed by atoms with van der Waals surface area (Å²) in [5.41, 5.74) is 4.66. The zero-order valence-corrected chi connectivity index (χ0v) is 38.6. The van der Waals surface area contributed by atoms with E-state index in [1.165, 1.54) is 24.3 Å². The van der Waals surface area contributed by atoms with Crippen LogP contribution in [0.3, 0.4) is 0 Å². The lowest BCUT2D eigenvalue weighted by molar-refractivity contribution is -0.671. The molecule has 0 bridgehead atoms. The number of hydroxylamine groups is 4. The number of amides is 4. The van der Waals surface area contributed by atoms with Crippen LogP contribution in [0.2, 0.25) is 0 Å². The maximum atomic E-state index is 12.3. The summed E-state index contributed by atoms with van der Waals surface area (Å²) in [6.45, 7) is 0.981. The van der Waals surface area contributed by atoms with Crippen LogP contribution in [0.5, 0.6) is 0 Å². The number of imide groups is 2. The van der Waals surface area contributed by atoms with Crippen LogP contribution >= 0.6 is 11.6 Å². The van der Waals surface area contributed by atoms with Crippen LogP contribution in [0, 0.1) is 0 Å². The van der Waals surface area contributed by atoms with Gasteiger partial charge in [-0.15, -0.1) is 10.1 Å². The second-order valence-corrected chi connectivity index (χ2v) is 19.7. The smallest absolute Gasteiger partial charge is 0.333 e. The van der Waals surface area contributed by atoms with Crippen molar-refractivity contribution in [1.82, 2.24) is 10.1 Å². The first-order chi connectivity index (χ1) is 31.9. The minimum atomic E-state index is -4.56. The van der Waals surface area contributed by atoms with E-state index in [1.807, 2.05) is 46.2 Å². The fourth-order valence-electron chi connectivity index (χ4n) is 8.25. The fourth-order valence-corrected chi connectivity index (χ4v) is 9.56. The van der Waals surface area contributed by atoms with Gasteiger partial charge in [-0.25, -0.2) is 9.59 Å². The van der Waals surface area contributed by atoms with E-state index >= 15 is 0 Å². The molecule has 4 amide bonds. The summed E-state index contributed by atoms with van der Waals surface area (Å²) in [4.78, 5) is 82.8. The number of unbranched alkanes of at least 4 members (excludes halogenated alkanes) is 4. The van der Waals surface area contributed by atoms with Crippen molar-refractivity contribution in [2.75, 3.05) is 11.4 Å². The van der Waals surface area contributed by atoms with Gasteiger partial charge in [-0.3, -0.25) is 28.3 Å². The standard InChI is InChI=1S/C46H47ClN4O14S2/c47-46-32(26-30-20-24-48(38-14-12-34(28-36(30)38)66(58,59)60)22-5-1-3-10-44(56)64-50-40(52)16-17-41(50)53)8-7-9-33(46)27-31-21-25-49(39-15-13-35(29-37(31)39)67(61,62)63)23-6-2-4-11-45(57)65-51-42(54)18-19-43(51)55/h12-15,20-21,24-29H,1-11,16-19,22-23H2,(H-,58,59,60,61,62,63)/p+1. The number of hydrogen-bond donors (Lipinski definition) is 2. The predicted molar refractivity (Wildman–Crippen MR) is 241 cm³/mol. The van der Waals surface area contributed by atoms with Gasteiger partial charge in [0, 0.05) is 86.1 Å². The maximum absolute atomic E-state index is 12.3. The lowest BCUT2D eigenvalue weighted by Crippen LogP contribution is -2.34. The van der Waals surface area contributed by atoms with E-state index in [1.54, 1.807) is 12.1 Å². The molecule has 2 N–H and O–H groups in total. The molecule has 67 heavy (non-hydrogen) atoms. The molecule has 2 aromatic carbocycles. The number of carbonyl (C=O) groups is 6. The maximum Gasteiger partial charge on any atom is 0.333 e. The number of aryl methyl sites for hydroxylation is 1. The van der Waals surface area contributed by atoms with Crippen LogP contribution in [-0.2, 0) is 65.2 Å². The summed E-state index contributed by atoms with van der Waals surface area (Å²) in [6.07, 6.45) is 14.5. The molecule has 1 aromatic heterocycles. The summed E-state index contributed by atoms with van der Waals surface area (Å²) in [6, 6.07) is 10.4. The summed E-state index contributed by atoms with van der Waals surface area (Å²) in [5, 5.41) is 2.02. The Kier molecular flexibility index (Phi) is 15.2. The van der Waals surface area contributed by atoms with E-state index in [0.717, 1.165) is 11.1 Å². The first-order valence-electron chi connectivity index (χ1n) is 21.8. The van der Waals surface area contributed by atoms with Gasteiger partial charge in [-0.1, -0.05) is 18.0 Å². The molecule has 4 aliphatic rings. The Labute approximate surface area is 391 Å². The lowest BCUT2D eigenvalue weighted by atomic mass is 9.90. The molecule has 354 valence electrons. The van der Waals surface area contributed by atoms with Crippen molar-refractivity contribution in [1.29, 1.82) is 0 Å². The molecule has 7 rings (SSSR count). The van der Waals surface area contributed by atoms with Crippen LogP contribution < -0.4 is 9.47 Å². The van der Waals surface area contributed by atoms with E-state index in [-0.39, 0.29) is 48.3 Å². The van der Waals surface area contributed by atoms with Crippen molar-refractivity contribution in [2.24, 2.45) is 0 Å². The van der Waals surface area contributed by atoms with Crippen molar-refractivity contribution < 1.29 is 69.0 Å². The summed E-state index contributed by atoms with van der Waals surface area (Å²) >= 11 is 7.15. The molecule has 2 saturated heterocycles. The van der Waals surface area contributed by atoms with Crippen molar-refractivity contribution >= 4 is 95.6 Å². The second-order valence-electron chi connectivity index (χ2n) is 16.5. The van der Waals surface area contributed by atoms with Gasteiger partial charge in [-0.2, -0.15) is 21.4 Å². The number of hydrogen-bond acceptors (Lipinski definition) is 13. The average molecular weight is 980 g/mol. The molecule has 3 aliphatic heterocycles. The van der Waals surface area contributed by atoms with E-state index in [2.05, 4.69) is 0 Å². The number of nitrogens with zero attached hydrogens (tertiary/aromatic N) is 4. The van der Waals surface area contributed by atoms with Crippen molar-refractivity contribution in [2.45, 2.75) is 113 Å². The number of benzene rings is 2. The van der Waals surface area contributed by atoms with Crippen molar-refractivity contribution in [3.63, 3.8) is 0 Å². The van der Waals surface area contributed by atoms with Gasteiger partial charge in [0.1, 0.15) is 6.54 Å². The largest absolute Gasteiger partial charge is 0.347 e. The Hall–Kier alpha value is -6.06. The van der Waals surface area contributed by atoms with Crippen LogP contribution in [0.25, 0.3) is 22.6 Å². The highest BCUT2D eigenvalue weighted by Crippen LogP contribution is 2.40. The molecule has 0 unspecified atom stereocenters. The third-order valence-corrected chi connectivity index (χ3v) is 13.9. The molecule has 0 atom stereocenters. The molecule has 21 heteroatoms. The van der Waals surface area contributed by atoms with Crippen LogP contribution in [0.15, 0.2) is 93.0 Å². The van der Waals surface area contributed by atoms with E-state index in [9.17, 15) is 54.7 Å². The minimum Gasteiger partial charge on any atom is -0.347 e. The Balaban J connectivity index is 1.07. The number of halogens is 1. The number of rotatable bonds is 18. The molecule has 2 fully saturated rings. The first-order valence-corrected chi connectivity index (χ1v) is 25.1. The van der Waals surface area contributed by atoms with Crippen molar-refractivity contribution in [3.8, 4) is 0 Å². The lowest BCUT2D eigenvalue weighted by Gasteiger charge is -2.28. The van der Waals surface area contributed by atoms with Crippen LogP contribution in [0.4, 0.5) is 5.69 Å². The molecule has 3 aromatic rings. The molecule has 0 saturated carbocycles. The fraction of sp³-hybridized carbons (Fsp3) is 0.370. The van der Waals surface area contributed by atoms with E-state index < -0.39 is 55.8 Å². The first kappa shape index (κ1) is 48.9.